The maximum atomic E-state index is 12.7. The van der Waals surface area contributed by atoms with E-state index in [4.69, 9.17) is 9.47 Å². The SMILES string of the molecule is CCOc1ccc(OC(C)C(=O)N2CCC(c3cc[nH]c(=O)c3)CC2)cc1. The number of piperidine rings is 1. The second-order valence-corrected chi connectivity index (χ2v) is 6.75. The van der Waals surface area contributed by atoms with Crippen LogP contribution in [0.4, 0.5) is 0 Å². The van der Waals surface area contributed by atoms with Crippen molar-refractivity contribution in [1.82, 2.24) is 9.88 Å². The van der Waals surface area contributed by atoms with E-state index < -0.39 is 6.10 Å². The summed E-state index contributed by atoms with van der Waals surface area (Å²) in [4.78, 5) is 28.7. The maximum Gasteiger partial charge on any atom is 0.263 e. The number of benzene rings is 1. The number of nitrogens with one attached hydrogen (secondary N) is 1. The van der Waals surface area contributed by atoms with E-state index in [1.165, 1.54) is 0 Å². The topological polar surface area (TPSA) is 71.6 Å². The zero-order valence-electron chi connectivity index (χ0n) is 15.8. The van der Waals surface area contributed by atoms with Gasteiger partial charge >= 0.3 is 0 Å². The van der Waals surface area contributed by atoms with Gasteiger partial charge in [-0.1, -0.05) is 0 Å². The number of hydrogen-bond acceptors (Lipinski definition) is 4. The first-order chi connectivity index (χ1) is 13.1. The van der Waals surface area contributed by atoms with Crippen LogP contribution in [-0.4, -0.2) is 41.6 Å². The first-order valence-electron chi connectivity index (χ1n) is 9.43. The molecule has 1 fully saturated rings. The Morgan fingerprint density at radius 3 is 2.48 bits per heavy atom. The predicted octanol–water partition coefficient (Wildman–Crippen LogP) is 2.95. The second-order valence-electron chi connectivity index (χ2n) is 6.75. The lowest BCUT2D eigenvalue weighted by Crippen LogP contribution is -2.44. The molecule has 6 nitrogen and oxygen atoms in total. The van der Waals surface area contributed by atoms with E-state index in [1.807, 2.05) is 42.2 Å². The molecule has 2 aromatic rings. The largest absolute Gasteiger partial charge is 0.494 e. The van der Waals surface area contributed by atoms with Crippen molar-refractivity contribution in [3.05, 3.63) is 58.5 Å². The molecular weight excluding hydrogens is 344 g/mol. The van der Waals surface area contributed by atoms with Crippen molar-refractivity contribution in [1.29, 1.82) is 0 Å². The molecule has 1 amide bonds. The summed E-state index contributed by atoms with van der Waals surface area (Å²) < 4.78 is 11.2. The van der Waals surface area contributed by atoms with Gasteiger partial charge in [0.1, 0.15) is 11.5 Å². The number of nitrogens with zero attached hydrogens (tertiary/aromatic N) is 1. The van der Waals surface area contributed by atoms with Gasteiger partial charge in [-0.3, -0.25) is 9.59 Å². The molecule has 1 N–H and O–H groups in total. The molecule has 0 bridgehead atoms. The van der Waals surface area contributed by atoms with Gasteiger partial charge in [0.15, 0.2) is 6.10 Å². The van der Waals surface area contributed by atoms with Crippen molar-refractivity contribution < 1.29 is 14.3 Å². The predicted molar refractivity (Wildman–Crippen MR) is 103 cm³/mol. The zero-order valence-corrected chi connectivity index (χ0v) is 15.8. The average Bonchev–Trinajstić information content (AvgIpc) is 2.69. The number of pyridine rings is 1. The third-order valence-corrected chi connectivity index (χ3v) is 4.87. The highest BCUT2D eigenvalue weighted by molar-refractivity contribution is 5.81. The van der Waals surface area contributed by atoms with Crippen LogP contribution < -0.4 is 15.0 Å². The third-order valence-electron chi connectivity index (χ3n) is 4.87. The van der Waals surface area contributed by atoms with Crippen LogP contribution in [0.1, 0.15) is 38.2 Å². The number of aromatic nitrogens is 1. The molecule has 0 spiro atoms. The number of amides is 1. The molecule has 0 aliphatic carbocycles. The van der Waals surface area contributed by atoms with Crippen molar-refractivity contribution in [3.63, 3.8) is 0 Å². The van der Waals surface area contributed by atoms with Gasteiger partial charge in [0.05, 0.1) is 6.61 Å². The number of hydrogen-bond donors (Lipinski definition) is 1. The van der Waals surface area contributed by atoms with E-state index in [0.717, 1.165) is 24.2 Å². The Bertz CT molecular complexity index is 807. The van der Waals surface area contributed by atoms with E-state index in [1.54, 1.807) is 19.2 Å². The zero-order chi connectivity index (χ0) is 19.2. The van der Waals surface area contributed by atoms with E-state index >= 15 is 0 Å². The lowest BCUT2D eigenvalue weighted by molar-refractivity contribution is -0.139. The van der Waals surface area contributed by atoms with Crippen molar-refractivity contribution in [2.75, 3.05) is 19.7 Å². The van der Waals surface area contributed by atoms with Gasteiger partial charge in [-0.2, -0.15) is 0 Å². The number of aromatic amines is 1. The summed E-state index contributed by atoms with van der Waals surface area (Å²) in [6.07, 6.45) is 2.84. The number of carbonyl (C=O) groups excluding carboxylic acids is 1. The first-order valence-corrected chi connectivity index (χ1v) is 9.43. The Morgan fingerprint density at radius 1 is 1.19 bits per heavy atom. The molecular formula is C21H26N2O4. The van der Waals surface area contributed by atoms with Gasteiger partial charge in [-0.15, -0.1) is 0 Å². The Balaban J connectivity index is 1.53. The molecule has 0 radical (unpaired) electrons. The van der Waals surface area contributed by atoms with Crippen LogP contribution in [0.25, 0.3) is 0 Å². The minimum Gasteiger partial charge on any atom is -0.494 e. The van der Waals surface area contributed by atoms with Crippen LogP contribution in [0.5, 0.6) is 11.5 Å². The molecule has 2 heterocycles. The minimum atomic E-state index is -0.543. The van der Waals surface area contributed by atoms with Crippen LogP contribution in [-0.2, 0) is 4.79 Å². The summed E-state index contributed by atoms with van der Waals surface area (Å²) in [6, 6.07) is 10.9. The molecule has 1 saturated heterocycles. The summed E-state index contributed by atoms with van der Waals surface area (Å²) in [5.41, 5.74) is 0.966. The fourth-order valence-electron chi connectivity index (χ4n) is 3.44. The standard InChI is InChI=1S/C21H26N2O4/c1-3-26-18-4-6-19(7-5-18)27-15(2)21(25)23-12-9-16(10-13-23)17-8-11-22-20(24)14-17/h4-8,11,14-16H,3,9-10,12-13H2,1-2H3,(H,22,24). The van der Waals surface area contributed by atoms with Crippen LogP contribution in [0.2, 0.25) is 0 Å². The van der Waals surface area contributed by atoms with Crippen LogP contribution in [0.15, 0.2) is 47.4 Å². The number of ether oxygens (including phenoxy) is 2. The Kier molecular flexibility index (Phi) is 6.16. The molecule has 1 aliphatic rings. The van der Waals surface area contributed by atoms with E-state index in [2.05, 4.69) is 4.98 Å². The van der Waals surface area contributed by atoms with E-state index in [-0.39, 0.29) is 11.5 Å². The number of H-pyrrole nitrogens is 1. The van der Waals surface area contributed by atoms with Crippen molar-refractivity contribution in [3.8, 4) is 11.5 Å². The van der Waals surface area contributed by atoms with E-state index in [0.29, 0.717) is 31.4 Å². The highest BCUT2D eigenvalue weighted by atomic mass is 16.5. The van der Waals surface area contributed by atoms with Gasteiger partial charge in [0.25, 0.3) is 5.91 Å². The van der Waals surface area contributed by atoms with Gasteiger partial charge < -0.3 is 19.4 Å². The molecule has 1 aromatic heterocycles. The average molecular weight is 370 g/mol. The minimum absolute atomic E-state index is 0.00626. The molecule has 1 atom stereocenters. The smallest absolute Gasteiger partial charge is 0.263 e. The number of carbonyl (C=O) groups is 1. The summed E-state index contributed by atoms with van der Waals surface area (Å²) in [5.74, 6) is 1.75. The maximum absolute atomic E-state index is 12.7. The summed E-state index contributed by atoms with van der Waals surface area (Å²) in [7, 11) is 0. The van der Waals surface area contributed by atoms with E-state index in [9.17, 15) is 9.59 Å². The summed E-state index contributed by atoms with van der Waals surface area (Å²) in [6.45, 7) is 5.68. The molecule has 3 rings (SSSR count). The van der Waals surface area contributed by atoms with Crippen molar-refractivity contribution in [2.45, 2.75) is 38.7 Å². The molecule has 0 saturated carbocycles. The summed E-state index contributed by atoms with van der Waals surface area (Å²) in [5, 5.41) is 0. The second kappa shape index (κ2) is 8.75. The summed E-state index contributed by atoms with van der Waals surface area (Å²) >= 11 is 0. The van der Waals surface area contributed by atoms with Crippen molar-refractivity contribution in [2.24, 2.45) is 0 Å². The van der Waals surface area contributed by atoms with Gasteiger partial charge in [0.2, 0.25) is 5.56 Å². The number of rotatable bonds is 6. The number of likely N-dealkylation sites (tertiary alicyclic amines) is 1. The van der Waals surface area contributed by atoms with Gasteiger partial charge in [-0.05, 0) is 68.5 Å². The monoisotopic (exact) mass is 370 g/mol. The third kappa shape index (κ3) is 4.90. The molecule has 1 unspecified atom stereocenters. The van der Waals surface area contributed by atoms with Gasteiger partial charge in [0, 0.05) is 25.4 Å². The fourth-order valence-corrected chi connectivity index (χ4v) is 3.44. The molecule has 1 aliphatic heterocycles. The quantitative estimate of drug-likeness (QED) is 0.849. The normalized spacial score (nSPS) is 16.0. The van der Waals surface area contributed by atoms with Crippen LogP contribution in [0, 0.1) is 0 Å². The lowest BCUT2D eigenvalue weighted by atomic mass is 9.90. The first kappa shape index (κ1) is 19.0. The van der Waals surface area contributed by atoms with Crippen molar-refractivity contribution >= 4 is 5.91 Å². The Morgan fingerprint density at radius 2 is 1.85 bits per heavy atom. The molecule has 144 valence electrons. The highest BCUT2D eigenvalue weighted by Gasteiger charge is 2.27. The fraction of sp³-hybridized carbons (Fsp3) is 0.429. The van der Waals surface area contributed by atoms with Crippen LogP contribution >= 0.6 is 0 Å². The molecule has 6 heteroatoms. The van der Waals surface area contributed by atoms with Gasteiger partial charge in [-0.25, -0.2) is 0 Å². The Hall–Kier alpha value is -2.76. The molecule has 1 aromatic carbocycles. The van der Waals surface area contributed by atoms with Crippen LogP contribution in [0.3, 0.4) is 0 Å². The Labute approximate surface area is 159 Å². The highest BCUT2D eigenvalue weighted by Crippen LogP contribution is 2.27. The lowest BCUT2D eigenvalue weighted by Gasteiger charge is -2.33. The molecule has 27 heavy (non-hydrogen) atoms.